The third-order valence-corrected chi connectivity index (χ3v) is 7.08. The van der Waals surface area contributed by atoms with Crippen molar-refractivity contribution in [3.8, 4) is 6.07 Å². The standard InChI is InChI=1S/C19H20N2O3S/c1-9-2-5-12-13(8-20)18(25-14(12)6-9)21-17(22)15-10-3-4-11(7-10)16(15)19(23)24/h3-4,9-11,15-16H,2,5-7H2,1H3,(H,21,22)(H,23,24)/t9-,10+,11+,15-,16+/m1/s1. The number of hydrogen-bond donors (Lipinski definition) is 2. The lowest BCUT2D eigenvalue weighted by atomic mass is 9.82. The molecule has 0 unspecified atom stereocenters. The molecule has 1 aromatic heterocycles. The number of aliphatic carboxylic acids is 1. The lowest BCUT2D eigenvalue weighted by molar-refractivity contribution is -0.146. The fraction of sp³-hybridized carbons (Fsp3) is 0.526. The van der Waals surface area contributed by atoms with Crippen LogP contribution < -0.4 is 5.32 Å². The van der Waals surface area contributed by atoms with Crippen LogP contribution in [0.1, 0.15) is 35.8 Å². The highest BCUT2D eigenvalue weighted by Crippen LogP contribution is 2.49. The second kappa shape index (κ2) is 5.99. The first kappa shape index (κ1) is 16.3. The van der Waals surface area contributed by atoms with E-state index in [1.807, 2.05) is 12.2 Å². The molecule has 0 aromatic carbocycles. The van der Waals surface area contributed by atoms with Crippen molar-refractivity contribution in [3.63, 3.8) is 0 Å². The average molecular weight is 356 g/mol. The van der Waals surface area contributed by atoms with Gasteiger partial charge in [0.25, 0.3) is 0 Å². The van der Waals surface area contributed by atoms with Crippen molar-refractivity contribution in [1.29, 1.82) is 5.26 Å². The Kier molecular flexibility index (Phi) is 3.92. The summed E-state index contributed by atoms with van der Waals surface area (Å²) in [5.41, 5.74) is 1.65. The number of carboxylic acid groups (broad SMARTS) is 1. The monoisotopic (exact) mass is 356 g/mol. The van der Waals surface area contributed by atoms with Gasteiger partial charge in [0.15, 0.2) is 0 Å². The molecular weight excluding hydrogens is 336 g/mol. The number of nitrogens with one attached hydrogen (secondary N) is 1. The number of carbonyl (C=O) groups excluding carboxylic acids is 1. The summed E-state index contributed by atoms with van der Waals surface area (Å²) >= 11 is 1.49. The zero-order valence-electron chi connectivity index (χ0n) is 14.0. The van der Waals surface area contributed by atoms with Crippen LogP contribution in [-0.2, 0) is 22.4 Å². The van der Waals surface area contributed by atoms with Gasteiger partial charge in [-0.15, -0.1) is 11.3 Å². The maximum Gasteiger partial charge on any atom is 0.307 e. The molecule has 5 atom stereocenters. The Morgan fingerprint density at radius 1 is 1.32 bits per heavy atom. The molecule has 0 spiro atoms. The zero-order chi connectivity index (χ0) is 17.7. The topological polar surface area (TPSA) is 90.2 Å². The van der Waals surface area contributed by atoms with Crippen molar-refractivity contribution in [2.24, 2.45) is 29.6 Å². The van der Waals surface area contributed by atoms with E-state index in [1.165, 1.54) is 16.2 Å². The van der Waals surface area contributed by atoms with E-state index in [9.17, 15) is 20.0 Å². The van der Waals surface area contributed by atoms with Crippen LogP contribution in [0.4, 0.5) is 5.00 Å². The molecule has 3 aliphatic rings. The number of hydrogen-bond acceptors (Lipinski definition) is 4. The van der Waals surface area contributed by atoms with Crippen LogP contribution in [0.25, 0.3) is 0 Å². The lowest BCUT2D eigenvalue weighted by Gasteiger charge is -2.23. The van der Waals surface area contributed by atoms with Crippen LogP contribution in [0.15, 0.2) is 12.2 Å². The molecule has 5 nitrogen and oxygen atoms in total. The van der Waals surface area contributed by atoms with Crippen molar-refractivity contribution >= 4 is 28.2 Å². The van der Waals surface area contributed by atoms with Crippen molar-refractivity contribution < 1.29 is 14.7 Å². The number of nitriles is 1. The van der Waals surface area contributed by atoms with Crippen molar-refractivity contribution in [2.75, 3.05) is 5.32 Å². The van der Waals surface area contributed by atoms with E-state index in [0.29, 0.717) is 16.5 Å². The molecule has 0 saturated heterocycles. The van der Waals surface area contributed by atoms with Gasteiger partial charge in [0.2, 0.25) is 5.91 Å². The molecule has 1 heterocycles. The zero-order valence-corrected chi connectivity index (χ0v) is 14.8. The normalized spacial score (nSPS) is 32.2. The number of thiophene rings is 1. The van der Waals surface area contributed by atoms with Gasteiger partial charge < -0.3 is 10.4 Å². The summed E-state index contributed by atoms with van der Waals surface area (Å²) in [4.78, 5) is 25.7. The van der Waals surface area contributed by atoms with Gasteiger partial charge in [0.05, 0.1) is 17.4 Å². The Morgan fingerprint density at radius 2 is 2.04 bits per heavy atom. The highest BCUT2D eigenvalue weighted by atomic mass is 32.1. The van der Waals surface area contributed by atoms with E-state index in [1.54, 1.807) is 0 Å². The van der Waals surface area contributed by atoms with Crippen LogP contribution in [0.2, 0.25) is 0 Å². The first-order valence-electron chi connectivity index (χ1n) is 8.76. The molecule has 1 saturated carbocycles. The summed E-state index contributed by atoms with van der Waals surface area (Å²) < 4.78 is 0. The van der Waals surface area contributed by atoms with E-state index in [0.717, 1.165) is 31.2 Å². The predicted molar refractivity (Wildman–Crippen MR) is 94.2 cm³/mol. The Balaban J connectivity index is 1.61. The number of amides is 1. The summed E-state index contributed by atoms with van der Waals surface area (Å²) in [7, 11) is 0. The molecule has 4 rings (SSSR count). The highest BCUT2D eigenvalue weighted by Gasteiger charge is 2.51. The molecular formula is C19H20N2O3S. The molecule has 1 fully saturated rings. The van der Waals surface area contributed by atoms with Gasteiger partial charge in [-0.25, -0.2) is 0 Å². The smallest absolute Gasteiger partial charge is 0.307 e. The van der Waals surface area contributed by atoms with Crippen LogP contribution in [0, 0.1) is 40.9 Å². The van der Waals surface area contributed by atoms with E-state index in [2.05, 4.69) is 18.3 Å². The number of anilines is 1. The van der Waals surface area contributed by atoms with Crippen molar-refractivity contribution in [3.05, 3.63) is 28.2 Å². The van der Waals surface area contributed by atoms with Crippen LogP contribution in [-0.4, -0.2) is 17.0 Å². The average Bonchev–Trinajstić information content (AvgIpc) is 3.25. The minimum Gasteiger partial charge on any atom is -0.481 e. The second-order valence-electron chi connectivity index (χ2n) is 7.50. The lowest BCUT2D eigenvalue weighted by Crippen LogP contribution is -2.36. The largest absolute Gasteiger partial charge is 0.481 e. The van der Waals surface area contributed by atoms with Gasteiger partial charge in [0, 0.05) is 4.88 Å². The molecule has 6 heteroatoms. The molecule has 3 aliphatic carbocycles. The van der Waals surface area contributed by atoms with E-state index >= 15 is 0 Å². The summed E-state index contributed by atoms with van der Waals surface area (Å²) in [5, 5.41) is 22.6. The van der Waals surface area contributed by atoms with E-state index < -0.39 is 17.8 Å². The summed E-state index contributed by atoms with van der Waals surface area (Å²) in [6.07, 6.45) is 7.52. The second-order valence-corrected chi connectivity index (χ2v) is 8.60. The Morgan fingerprint density at radius 3 is 2.72 bits per heavy atom. The summed E-state index contributed by atoms with van der Waals surface area (Å²) in [6, 6.07) is 2.25. The Bertz CT molecular complexity index is 819. The SMILES string of the molecule is C[C@@H]1CCc2c(sc(NC(=O)[C@H]3[C@@H](C(=O)O)[C@H]4C=C[C@H]3C4)c2C#N)C1. The van der Waals surface area contributed by atoms with E-state index in [-0.39, 0.29) is 17.7 Å². The molecule has 1 aromatic rings. The minimum absolute atomic E-state index is 0.00811. The number of carbonyl (C=O) groups is 2. The number of nitrogens with zero attached hydrogens (tertiary/aromatic N) is 1. The maximum atomic E-state index is 12.9. The number of rotatable bonds is 3. The first-order chi connectivity index (χ1) is 12.0. The van der Waals surface area contributed by atoms with Crippen molar-refractivity contribution in [2.45, 2.75) is 32.6 Å². The molecule has 0 radical (unpaired) electrons. The number of allylic oxidation sites excluding steroid dienone is 2. The molecule has 2 N–H and O–H groups in total. The molecule has 130 valence electrons. The van der Waals surface area contributed by atoms with Gasteiger partial charge >= 0.3 is 5.97 Å². The first-order valence-corrected chi connectivity index (χ1v) is 9.58. The van der Waals surface area contributed by atoms with Gasteiger partial charge in [-0.2, -0.15) is 5.26 Å². The van der Waals surface area contributed by atoms with Crippen LogP contribution >= 0.6 is 11.3 Å². The summed E-state index contributed by atoms with van der Waals surface area (Å²) in [5.74, 6) is -1.83. The Hall–Kier alpha value is -2.13. The van der Waals surface area contributed by atoms with Gasteiger partial charge in [-0.3, -0.25) is 9.59 Å². The van der Waals surface area contributed by atoms with Gasteiger partial charge in [-0.1, -0.05) is 19.1 Å². The van der Waals surface area contributed by atoms with Gasteiger partial charge in [0.1, 0.15) is 11.1 Å². The number of fused-ring (bicyclic) bond motifs is 3. The van der Waals surface area contributed by atoms with Gasteiger partial charge in [-0.05, 0) is 49.0 Å². The van der Waals surface area contributed by atoms with Crippen LogP contribution in [0.5, 0.6) is 0 Å². The fourth-order valence-corrected chi connectivity index (χ4v) is 6.03. The highest BCUT2D eigenvalue weighted by molar-refractivity contribution is 7.16. The van der Waals surface area contributed by atoms with Crippen LogP contribution in [0.3, 0.4) is 0 Å². The number of carboxylic acids is 1. The van der Waals surface area contributed by atoms with E-state index in [4.69, 9.17) is 0 Å². The Labute approximate surface area is 150 Å². The molecule has 25 heavy (non-hydrogen) atoms. The summed E-state index contributed by atoms with van der Waals surface area (Å²) in [6.45, 7) is 2.20. The molecule has 1 amide bonds. The fourth-order valence-electron chi connectivity index (χ4n) is 4.67. The molecule has 0 aliphatic heterocycles. The quantitative estimate of drug-likeness (QED) is 0.814. The maximum absolute atomic E-state index is 12.9. The molecule has 2 bridgehead atoms. The predicted octanol–water partition coefficient (Wildman–Crippen LogP) is 3.21. The third-order valence-electron chi connectivity index (χ3n) is 5.91. The third kappa shape index (κ3) is 2.58. The minimum atomic E-state index is -0.906. The van der Waals surface area contributed by atoms with Crippen molar-refractivity contribution in [1.82, 2.24) is 0 Å².